The smallest absolute Gasteiger partial charge is 0.174 e. The first-order valence-electron chi connectivity index (χ1n) is 10.5. The number of thiocarbonyl (C=S) groups is 1. The van der Waals surface area contributed by atoms with Gasteiger partial charge in [-0.2, -0.15) is 0 Å². The molecule has 1 aliphatic rings. The number of pyridine rings is 1. The number of benzene rings is 2. The molecule has 0 spiro atoms. The van der Waals surface area contributed by atoms with E-state index in [4.69, 9.17) is 23.8 Å². The largest absolute Gasteiger partial charge is 0.351 e. The average molecular weight is 459 g/mol. The lowest BCUT2D eigenvalue weighted by molar-refractivity contribution is 0.565. The maximum atomic E-state index is 6.17. The van der Waals surface area contributed by atoms with Crippen molar-refractivity contribution in [3.8, 4) is 5.69 Å². The summed E-state index contributed by atoms with van der Waals surface area (Å²) < 4.78 is 2.30. The maximum absolute atomic E-state index is 6.17. The van der Waals surface area contributed by atoms with Gasteiger partial charge >= 0.3 is 0 Å². The predicted molar refractivity (Wildman–Crippen MR) is 135 cm³/mol. The zero-order valence-corrected chi connectivity index (χ0v) is 19.4. The van der Waals surface area contributed by atoms with Crippen molar-refractivity contribution in [1.82, 2.24) is 14.9 Å². The lowest BCUT2D eigenvalue weighted by Gasteiger charge is -2.28. The third-order valence-corrected chi connectivity index (χ3v) is 6.57. The summed E-state index contributed by atoms with van der Waals surface area (Å²) >= 11 is 12.0. The molecule has 2 aromatic carbocycles. The van der Waals surface area contributed by atoms with Crippen LogP contribution in [-0.2, 0) is 0 Å². The number of nitrogens with zero attached hydrogens (tertiary/aromatic N) is 3. The molecular formula is C26H23ClN4S. The van der Waals surface area contributed by atoms with Crippen LogP contribution in [0.25, 0.3) is 5.69 Å². The number of aryl methyl sites for hydroxylation is 1. The Bertz CT molecular complexity index is 1250. The number of hydrogen-bond donors (Lipinski definition) is 1. The number of rotatable bonds is 4. The van der Waals surface area contributed by atoms with E-state index in [0.29, 0.717) is 10.1 Å². The van der Waals surface area contributed by atoms with Crippen molar-refractivity contribution in [2.75, 3.05) is 4.90 Å². The molecule has 3 heterocycles. The monoisotopic (exact) mass is 458 g/mol. The molecule has 0 aliphatic carbocycles. The van der Waals surface area contributed by atoms with Gasteiger partial charge in [0.2, 0.25) is 0 Å². The van der Waals surface area contributed by atoms with Crippen molar-refractivity contribution in [3.05, 3.63) is 113 Å². The summed E-state index contributed by atoms with van der Waals surface area (Å²) in [6.07, 6.45) is 1.83. The SMILES string of the molecule is Cc1cc([C@H]2[C@@H](c3ccccn3)NC(=S)N2c2ccc(Cl)cc2)c(C)n1-c1ccccc1. The van der Waals surface area contributed by atoms with Crippen molar-refractivity contribution >= 4 is 34.6 Å². The van der Waals surface area contributed by atoms with E-state index in [1.165, 1.54) is 17.0 Å². The minimum atomic E-state index is -0.0795. The molecule has 4 nitrogen and oxygen atoms in total. The Labute approximate surface area is 198 Å². The molecule has 2 aromatic heterocycles. The Hall–Kier alpha value is -3.15. The summed E-state index contributed by atoms with van der Waals surface area (Å²) in [5.41, 5.74) is 6.68. The Kier molecular flexibility index (Phi) is 5.45. The van der Waals surface area contributed by atoms with Crippen LogP contribution in [0.3, 0.4) is 0 Å². The van der Waals surface area contributed by atoms with Gasteiger partial charge in [0, 0.05) is 34.0 Å². The van der Waals surface area contributed by atoms with Gasteiger partial charge in [-0.3, -0.25) is 4.98 Å². The fraction of sp³-hybridized carbons (Fsp3) is 0.154. The van der Waals surface area contributed by atoms with Crippen molar-refractivity contribution < 1.29 is 0 Å². The Morgan fingerprint density at radius 3 is 2.31 bits per heavy atom. The van der Waals surface area contributed by atoms with Crippen LogP contribution in [0, 0.1) is 13.8 Å². The lowest BCUT2D eigenvalue weighted by Crippen LogP contribution is -2.29. The van der Waals surface area contributed by atoms with E-state index in [0.717, 1.165) is 17.1 Å². The number of hydrogen-bond acceptors (Lipinski definition) is 2. The molecule has 6 heteroatoms. The minimum Gasteiger partial charge on any atom is -0.351 e. The number of halogens is 1. The van der Waals surface area contributed by atoms with E-state index in [1.54, 1.807) is 0 Å². The molecule has 5 rings (SSSR count). The fourth-order valence-corrected chi connectivity index (χ4v) is 5.08. The quantitative estimate of drug-likeness (QED) is 0.363. The van der Waals surface area contributed by atoms with E-state index in [-0.39, 0.29) is 12.1 Å². The van der Waals surface area contributed by atoms with Crippen LogP contribution >= 0.6 is 23.8 Å². The maximum Gasteiger partial charge on any atom is 0.174 e. The number of para-hydroxylation sites is 1. The zero-order valence-electron chi connectivity index (χ0n) is 17.9. The zero-order chi connectivity index (χ0) is 22.2. The number of aromatic nitrogens is 2. The van der Waals surface area contributed by atoms with Gasteiger partial charge in [0.25, 0.3) is 0 Å². The third-order valence-electron chi connectivity index (χ3n) is 6.01. The molecule has 0 saturated carbocycles. The van der Waals surface area contributed by atoms with E-state index in [9.17, 15) is 0 Å². The molecular weight excluding hydrogens is 436 g/mol. The molecule has 0 bridgehead atoms. The van der Waals surface area contributed by atoms with Crippen LogP contribution in [0.5, 0.6) is 0 Å². The summed E-state index contributed by atoms with van der Waals surface area (Å²) in [6, 6.07) is 26.4. The van der Waals surface area contributed by atoms with Crippen LogP contribution in [0.1, 0.15) is 34.7 Å². The van der Waals surface area contributed by atoms with Crippen molar-refractivity contribution in [2.24, 2.45) is 0 Å². The second-order valence-electron chi connectivity index (χ2n) is 7.97. The first-order valence-corrected chi connectivity index (χ1v) is 11.3. The molecule has 1 N–H and O–H groups in total. The number of anilines is 1. The lowest BCUT2D eigenvalue weighted by atomic mass is 9.96. The summed E-state index contributed by atoms with van der Waals surface area (Å²) in [4.78, 5) is 6.84. The van der Waals surface area contributed by atoms with Crippen molar-refractivity contribution in [2.45, 2.75) is 25.9 Å². The number of nitrogens with one attached hydrogen (secondary N) is 1. The van der Waals surface area contributed by atoms with E-state index in [1.807, 2.05) is 48.7 Å². The molecule has 0 amide bonds. The predicted octanol–water partition coefficient (Wildman–Crippen LogP) is 6.32. The van der Waals surface area contributed by atoms with Gasteiger partial charge in [-0.25, -0.2) is 0 Å². The summed E-state index contributed by atoms with van der Waals surface area (Å²) in [7, 11) is 0. The van der Waals surface area contributed by atoms with Gasteiger partial charge in [0.15, 0.2) is 5.11 Å². The topological polar surface area (TPSA) is 33.1 Å². The Balaban J connectivity index is 1.68. The highest BCUT2D eigenvalue weighted by Gasteiger charge is 2.42. The van der Waals surface area contributed by atoms with Gasteiger partial charge in [0.05, 0.1) is 17.8 Å². The standard InChI is InChI=1S/C26H23ClN4S/c1-17-16-22(18(2)30(17)20-8-4-3-5-9-20)25-24(23-10-6-7-15-28-23)29-26(32)31(25)21-13-11-19(27)12-14-21/h3-16,24-25H,1-2H3,(H,29,32)/t24-,25+/m1/s1. The molecule has 160 valence electrons. The second-order valence-corrected chi connectivity index (χ2v) is 8.79. The van der Waals surface area contributed by atoms with Crippen molar-refractivity contribution in [1.29, 1.82) is 0 Å². The van der Waals surface area contributed by atoms with Crippen LogP contribution < -0.4 is 10.2 Å². The van der Waals surface area contributed by atoms with Gasteiger partial charge in [-0.1, -0.05) is 35.9 Å². The molecule has 1 saturated heterocycles. The third kappa shape index (κ3) is 3.57. The van der Waals surface area contributed by atoms with E-state index >= 15 is 0 Å². The van der Waals surface area contributed by atoms with Gasteiger partial charge < -0.3 is 14.8 Å². The highest BCUT2D eigenvalue weighted by Crippen LogP contribution is 2.43. The molecule has 1 fully saturated rings. The Morgan fingerprint density at radius 2 is 1.62 bits per heavy atom. The van der Waals surface area contributed by atoms with Gasteiger partial charge in [-0.15, -0.1) is 0 Å². The first-order chi connectivity index (χ1) is 15.5. The molecule has 4 aromatic rings. The fourth-order valence-electron chi connectivity index (χ4n) is 4.61. The minimum absolute atomic E-state index is 0.0535. The summed E-state index contributed by atoms with van der Waals surface area (Å²) in [6.45, 7) is 4.32. The molecule has 1 aliphatic heterocycles. The van der Waals surface area contributed by atoms with Crippen LogP contribution in [-0.4, -0.2) is 14.7 Å². The Morgan fingerprint density at radius 1 is 0.906 bits per heavy atom. The first kappa shape index (κ1) is 20.7. The molecule has 0 unspecified atom stereocenters. The normalized spacial score (nSPS) is 18.1. The van der Waals surface area contributed by atoms with Crippen LogP contribution in [0.2, 0.25) is 5.02 Å². The van der Waals surface area contributed by atoms with E-state index in [2.05, 4.69) is 70.0 Å². The van der Waals surface area contributed by atoms with Crippen LogP contribution in [0.4, 0.5) is 5.69 Å². The molecule has 0 radical (unpaired) electrons. The molecule has 32 heavy (non-hydrogen) atoms. The summed E-state index contributed by atoms with van der Waals surface area (Å²) in [5, 5.41) is 4.91. The van der Waals surface area contributed by atoms with Gasteiger partial charge in [-0.05, 0) is 86.2 Å². The average Bonchev–Trinajstić information content (AvgIpc) is 3.31. The highest BCUT2D eigenvalue weighted by molar-refractivity contribution is 7.80. The summed E-state index contributed by atoms with van der Waals surface area (Å²) in [5.74, 6) is 0. The van der Waals surface area contributed by atoms with E-state index < -0.39 is 0 Å². The second kappa shape index (κ2) is 8.41. The highest BCUT2D eigenvalue weighted by atomic mass is 35.5. The van der Waals surface area contributed by atoms with Gasteiger partial charge in [0.1, 0.15) is 0 Å². The van der Waals surface area contributed by atoms with Crippen molar-refractivity contribution in [3.63, 3.8) is 0 Å². The van der Waals surface area contributed by atoms with Crippen LogP contribution in [0.15, 0.2) is 85.1 Å². The molecule has 2 atom stereocenters.